The number of halogens is 1. The lowest BCUT2D eigenvalue weighted by molar-refractivity contribution is 0.315. The zero-order valence-corrected chi connectivity index (χ0v) is 15.7. The number of nitrogens with zero attached hydrogens (tertiary/aromatic N) is 3. The summed E-state index contributed by atoms with van der Waals surface area (Å²) in [6.45, 7) is 5.37. The van der Waals surface area contributed by atoms with E-state index in [0.29, 0.717) is 18.5 Å². The monoisotopic (exact) mass is 415 g/mol. The molecule has 2 fully saturated rings. The highest BCUT2D eigenvalue weighted by atomic mass is 127. The molecule has 2 atom stereocenters. The summed E-state index contributed by atoms with van der Waals surface area (Å²) in [5, 5.41) is 6.92. The number of rotatable bonds is 4. The van der Waals surface area contributed by atoms with Crippen molar-refractivity contribution in [3.8, 4) is 0 Å². The predicted octanol–water partition coefficient (Wildman–Crippen LogP) is 1.85. The van der Waals surface area contributed by atoms with E-state index in [-0.39, 0.29) is 24.0 Å². The SMILES string of the molecule is CN=C(NCc1ccccn1)NC1CN(C2CC2)CC1C.I. The number of nitrogens with one attached hydrogen (secondary N) is 2. The van der Waals surface area contributed by atoms with E-state index in [2.05, 4.69) is 32.4 Å². The molecule has 2 heterocycles. The molecule has 6 heteroatoms. The molecule has 1 aromatic heterocycles. The Balaban J connectivity index is 0.00000176. The lowest BCUT2D eigenvalue weighted by atomic mass is 10.1. The molecular formula is C16H26IN5. The number of hydrogen-bond acceptors (Lipinski definition) is 3. The van der Waals surface area contributed by atoms with Crippen LogP contribution >= 0.6 is 24.0 Å². The molecule has 0 spiro atoms. The summed E-state index contributed by atoms with van der Waals surface area (Å²) >= 11 is 0. The van der Waals surface area contributed by atoms with Crippen molar-refractivity contribution in [1.82, 2.24) is 20.5 Å². The quantitative estimate of drug-likeness (QED) is 0.448. The average molecular weight is 415 g/mol. The van der Waals surface area contributed by atoms with Crippen LogP contribution in [0.15, 0.2) is 29.4 Å². The van der Waals surface area contributed by atoms with Gasteiger partial charge in [0.25, 0.3) is 0 Å². The van der Waals surface area contributed by atoms with Crippen molar-refractivity contribution < 1.29 is 0 Å². The molecule has 1 aliphatic heterocycles. The van der Waals surface area contributed by atoms with Crippen LogP contribution in [0.1, 0.15) is 25.5 Å². The first-order chi connectivity index (χ1) is 10.3. The van der Waals surface area contributed by atoms with Gasteiger partial charge in [-0.2, -0.15) is 0 Å². The topological polar surface area (TPSA) is 52.6 Å². The third-order valence-electron chi connectivity index (χ3n) is 4.41. The van der Waals surface area contributed by atoms with Gasteiger partial charge in [-0.1, -0.05) is 13.0 Å². The predicted molar refractivity (Wildman–Crippen MR) is 101 cm³/mol. The van der Waals surface area contributed by atoms with E-state index >= 15 is 0 Å². The van der Waals surface area contributed by atoms with Gasteiger partial charge in [0.05, 0.1) is 12.2 Å². The van der Waals surface area contributed by atoms with Gasteiger partial charge in [0, 0.05) is 38.4 Å². The van der Waals surface area contributed by atoms with Gasteiger partial charge in [0.15, 0.2) is 5.96 Å². The molecule has 2 unspecified atom stereocenters. The van der Waals surface area contributed by atoms with Gasteiger partial charge in [-0.3, -0.25) is 14.9 Å². The molecule has 0 bridgehead atoms. The molecule has 0 radical (unpaired) electrons. The number of guanidine groups is 1. The average Bonchev–Trinajstić information content (AvgIpc) is 3.29. The molecule has 3 rings (SSSR count). The Labute approximate surface area is 150 Å². The summed E-state index contributed by atoms with van der Waals surface area (Å²) in [5.74, 6) is 1.54. The van der Waals surface area contributed by atoms with E-state index in [1.165, 1.54) is 19.4 Å². The zero-order chi connectivity index (χ0) is 14.7. The minimum absolute atomic E-state index is 0. The maximum absolute atomic E-state index is 4.33. The van der Waals surface area contributed by atoms with E-state index in [9.17, 15) is 0 Å². The first-order valence-electron chi connectivity index (χ1n) is 7.87. The molecular weight excluding hydrogens is 389 g/mol. The second kappa shape index (κ2) is 8.10. The van der Waals surface area contributed by atoms with E-state index in [0.717, 1.165) is 24.2 Å². The van der Waals surface area contributed by atoms with Gasteiger partial charge in [-0.25, -0.2) is 0 Å². The maximum atomic E-state index is 4.33. The van der Waals surface area contributed by atoms with E-state index in [1.54, 1.807) is 0 Å². The molecule has 122 valence electrons. The van der Waals surface area contributed by atoms with Gasteiger partial charge in [-0.05, 0) is 30.9 Å². The van der Waals surface area contributed by atoms with Crippen molar-refractivity contribution in [1.29, 1.82) is 0 Å². The lowest BCUT2D eigenvalue weighted by Crippen LogP contribution is -2.46. The van der Waals surface area contributed by atoms with Gasteiger partial charge in [-0.15, -0.1) is 24.0 Å². The van der Waals surface area contributed by atoms with Crippen molar-refractivity contribution in [2.24, 2.45) is 10.9 Å². The third kappa shape index (κ3) is 4.55. The Hall–Kier alpha value is -0.890. The zero-order valence-electron chi connectivity index (χ0n) is 13.3. The minimum Gasteiger partial charge on any atom is -0.352 e. The molecule has 0 aromatic carbocycles. The third-order valence-corrected chi connectivity index (χ3v) is 4.41. The van der Waals surface area contributed by atoms with E-state index in [1.807, 2.05) is 31.4 Å². The number of pyridine rings is 1. The second-order valence-electron chi connectivity index (χ2n) is 6.16. The van der Waals surface area contributed by atoms with Crippen LogP contribution in [0.2, 0.25) is 0 Å². The van der Waals surface area contributed by atoms with Crippen molar-refractivity contribution in [2.75, 3.05) is 20.1 Å². The van der Waals surface area contributed by atoms with Crippen molar-refractivity contribution >= 4 is 29.9 Å². The fourth-order valence-electron chi connectivity index (χ4n) is 2.98. The molecule has 22 heavy (non-hydrogen) atoms. The standard InChI is InChI=1S/C16H25N5.HI/c1-12-10-21(14-6-7-14)11-15(12)20-16(17-2)19-9-13-5-3-4-8-18-13;/h3-5,8,12,14-15H,6-7,9-11H2,1-2H3,(H2,17,19,20);1H. The van der Waals surface area contributed by atoms with Crippen molar-refractivity contribution in [2.45, 2.75) is 38.4 Å². The van der Waals surface area contributed by atoms with Gasteiger partial charge >= 0.3 is 0 Å². The van der Waals surface area contributed by atoms with Gasteiger partial charge in [0.1, 0.15) is 0 Å². The Morgan fingerprint density at radius 3 is 2.82 bits per heavy atom. The number of hydrogen-bond donors (Lipinski definition) is 2. The summed E-state index contributed by atoms with van der Waals surface area (Å²) in [5.41, 5.74) is 1.03. The van der Waals surface area contributed by atoms with Gasteiger partial charge < -0.3 is 10.6 Å². The summed E-state index contributed by atoms with van der Waals surface area (Å²) in [4.78, 5) is 11.3. The van der Waals surface area contributed by atoms with Gasteiger partial charge in [0.2, 0.25) is 0 Å². The molecule has 0 amide bonds. The number of aliphatic imine (C=N–C) groups is 1. The Kier molecular flexibility index (Phi) is 6.43. The normalized spacial score (nSPS) is 25.6. The Morgan fingerprint density at radius 2 is 2.18 bits per heavy atom. The smallest absolute Gasteiger partial charge is 0.191 e. The summed E-state index contributed by atoms with van der Waals surface area (Å²) < 4.78 is 0. The Morgan fingerprint density at radius 1 is 1.36 bits per heavy atom. The molecule has 5 nitrogen and oxygen atoms in total. The molecule has 1 aromatic rings. The van der Waals surface area contributed by atoms with Crippen LogP contribution in [0.5, 0.6) is 0 Å². The van der Waals surface area contributed by atoms with Crippen molar-refractivity contribution in [3.05, 3.63) is 30.1 Å². The first-order valence-corrected chi connectivity index (χ1v) is 7.87. The fraction of sp³-hybridized carbons (Fsp3) is 0.625. The highest BCUT2D eigenvalue weighted by Crippen LogP contribution is 2.31. The largest absolute Gasteiger partial charge is 0.352 e. The van der Waals surface area contributed by atoms with Crippen LogP contribution in [0.25, 0.3) is 0 Å². The highest BCUT2D eigenvalue weighted by molar-refractivity contribution is 14.0. The van der Waals surface area contributed by atoms with E-state index in [4.69, 9.17) is 0 Å². The van der Waals surface area contributed by atoms with Crippen LogP contribution < -0.4 is 10.6 Å². The molecule has 1 aliphatic carbocycles. The first kappa shape index (κ1) is 17.5. The number of likely N-dealkylation sites (tertiary alicyclic amines) is 1. The molecule has 1 saturated carbocycles. The summed E-state index contributed by atoms with van der Waals surface area (Å²) in [6.07, 6.45) is 4.58. The van der Waals surface area contributed by atoms with Crippen molar-refractivity contribution in [3.63, 3.8) is 0 Å². The fourth-order valence-corrected chi connectivity index (χ4v) is 2.98. The summed E-state index contributed by atoms with van der Waals surface area (Å²) in [6, 6.07) is 7.30. The number of aromatic nitrogens is 1. The van der Waals surface area contributed by atoms with Crippen LogP contribution in [0.3, 0.4) is 0 Å². The highest BCUT2D eigenvalue weighted by Gasteiger charge is 2.38. The molecule has 1 saturated heterocycles. The lowest BCUT2D eigenvalue weighted by Gasteiger charge is -2.20. The van der Waals surface area contributed by atoms with Crippen LogP contribution in [-0.4, -0.2) is 48.1 Å². The van der Waals surface area contributed by atoms with Crippen LogP contribution in [-0.2, 0) is 6.54 Å². The molecule has 2 N–H and O–H groups in total. The van der Waals surface area contributed by atoms with Crippen LogP contribution in [0, 0.1) is 5.92 Å². The van der Waals surface area contributed by atoms with Crippen LogP contribution in [0.4, 0.5) is 0 Å². The second-order valence-corrected chi connectivity index (χ2v) is 6.16. The maximum Gasteiger partial charge on any atom is 0.191 e. The molecule has 2 aliphatic rings. The summed E-state index contributed by atoms with van der Waals surface area (Å²) in [7, 11) is 1.83. The minimum atomic E-state index is 0. The Bertz CT molecular complexity index is 489. The van der Waals surface area contributed by atoms with E-state index < -0.39 is 0 Å².